The molecule has 2 heterocycles. The molecule has 2 fully saturated rings. The Bertz CT molecular complexity index is 569. The average molecular weight is 305 g/mol. The van der Waals surface area contributed by atoms with Gasteiger partial charge in [-0.05, 0) is 32.1 Å². The van der Waals surface area contributed by atoms with Crippen LogP contribution in [0.4, 0.5) is 0 Å². The molecule has 1 aromatic rings. The van der Waals surface area contributed by atoms with E-state index in [9.17, 15) is 9.59 Å². The summed E-state index contributed by atoms with van der Waals surface area (Å²) in [5.74, 6) is 0.707. The minimum atomic E-state index is -0.343. The average Bonchev–Trinajstić information content (AvgIpc) is 3.05. The Hall–Kier alpha value is -1.85. The zero-order valence-corrected chi connectivity index (χ0v) is 13.2. The van der Waals surface area contributed by atoms with Crippen LogP contribution >= 0.6 is 0 Å². The van der Waals surface area contributed by atoms with Gasteiger partial charge in [-0.15, -0.1) is 0 Å². The number of hydrogen-bond acceptors (Lipinski definition) is 4. The first-order valence-electron chi connectivity index (χ1n) is 8.10. The van der Waals surface area contributed by atoms with Crippen LogP contribution in [-0.4, -0.2) is 46.3 Å². The van der Waals surface area contributed by atoms with Gasteiger partial charge in [0.1, 0.15) is 0 Å². The third-order valence-electron chi connectivity index (χ3n) is 4.62. The molecule has 0 bridgehead atoms. The van der Waals surface area contributed by atoms with Crippen molar-refractivity contribution >= 4 is 11.9 Å². The molecule has 120 valence electrons. The number of carbonyl (C=O) groups is 2. The van der Waals surface area contributed by atoms with Crippen molar-refractivity contribution in [2.24, 2.45) is 11.8 Å². The van der Waals surface area contributed by atoms with Crippen LogP contribution in [0.15, 0.2) is 12.4 Å². The Morgan fingerprint density at radius 3 is 2.91 bits per heavy atom. The third kappa shape index (κ3) is 3.00. The fourth-order valence-corrected chi connectivity index (χ4v) is 3.13. The zero-order chi connectivity index (χ0) is 15.7. The monoisotopic (exact) mass is 305 g/mol. The van der Waals surface area contributed by atoms with E-state index in [0.717, 1.165) is 25.8 Å². The molecule has 0 aromatic carbocycles. The molecule has 0 radical (unpaired) electrons. The number of nitrogens with zero attached hydrogens (tertiary/aromatic N) is 3. The van der Waals surface area contributed by atoms with Gasteiger partial charge in [-0.2, -0.15) is 5.10 Å². The predicted octanol–water partition coefficient (Wildman–Crippen LogP) is 1.88. The number of piperidine rings is 1. The Morgan fingerprint density at radius 2 is 2.23 bits per heavy atom. The van der Waals surface area contributed by atoms with Gasteiger partial charge in [-0.1, -0.05) is 6.92 Å². The van der Waals surface area contributed by atoms with Gasteiger partial charge in [-0.25, -0.2) is 4.79 Å². The summed E-state index contributed by atoms with van der Waals surface area (Å²) in [7, 11) is 0. The number of hydrogen-bond donors (Lipinski definition) is 0. The molecule has 3 atom stereocenters. The first-order chi connectivity index (χ1) is 10.6. The Labute approximate surface area is 130 Å². The first kappa shape index (κ1) is 15.1. The van der Waals surface area contributed by atoms with E-state index in [-0.39, 0.29) is 23.8 Å². The van der Waals surface area contributed by atoms with Gasteiger partial charge in [0, 0.05) is 25.2 Å². The number of carbonyl (C=O) groups excluding carboxylic acids is 2. The lowest BCUT2D eigenvalue weighted by molar-refractivity contribution is -0.134. The van der Waals surface area contributed by atoms with Crippen molar-refractivity contribution in [3.8, 4) is 0 Å². The molecule has 22 heavy (non-hydrogen) atoms. The van der Waals surface area contributed by atoms with Gasteiger partial charge >= 0.3 is 5.97 Å². The van der Waals surface area contributed by atoms with E-state index in [1.165, 1.54) is 0 Å². The van der Waals surface area contributed by atoms with Gasteiger partial charge in [0.15, 0.2) is 0 Å². The molecular weight excluding hydrogens is 282 g/mol. The predicted molar refractivity (Wildman–Crippen MR) is 80.3 cm³/mol. The molecule has 1 aliphatic carbocycles. The van der Waals surface area contributed by atoms with E-state index in [1.807, 2.05) is 9.58 Å². The second kappa shape index (κ2) is 6.10. The summed E-state index contributed by atoms with van der Waals surface area (Å²) in [6, 6.07) is 0.148. The summed E-state index contributed by atoms with van der Waals surface area (Å²) < 4.78 is 6.79. The van der Waals surface area contributed by atoms with E-state index in [1.54, 1.807) is 19.3 Å². The molecule has 0 N–H and O–H groups in total. The Morgan fingerprint density at radius 1 is 1.45 bits per heavy atom. The highest BCUT2D eigenvalue weighted by molar-refractivity contribution is 5.88. The third-order valence-corrected chi connectivity index (χ3v) is 4.62. The van der Waals surface area contributed by atoms with Crippen molar-refractivity contribution in [1.29, 1.82) is 0 Å². The summed E-state index contributed by atoms with van der Waals surface area (Å²) in [6.07, 6.45) is 6.26. The number of aromatic nitrogens is 2. The first-order valence-corrected chi connectivity index (χ1v) is 8.10. The van der Waals surface area contributed by atoms with Crippen molar-refractivity contribution in [3.05, 3.63) is 18.0 Å². The van der Waals surface area contributed by atoms with Crippen molar-refractivity contribution < 1.29 is 14.3 Å². The molecule has 1 amide bonds. The summed E-state index contributed by atoms with van der Waals surface area (Å²) in [4.78, 5) is 26.0. The molecule has 0 spiro atoms. The molecule has 0 unspecified atom stereocenters. The molecule has 2 aliphatic rings. The molecule has 1 aliphatic heterocycles. The van der Waals surface area contributed by atoms with E-state index >= 15 is 0 Å². The van der Waals surface area contributed by atoms with Crippen LogP contribution in [0.3, 0.4) is 0 Å². The molecular formula is C16H23N3O3. The van der Waals surface area contributed by atoms with Crippen LogP contribution in [0.1, 0.15) is 49.5 Å². The lowest BCUT2D eigenvalue weighted by atomic mass is 10.1. The maximum Gasteiger partial charge on any atom is 0.341 e. The van der Waals surface area contributed by atoms with E-state index < -0.39 is 0 Å². The maximum absolute atomic E-state index is 12.4. The normalized spacial score (nSPS) is 27.5. The minimum absolute atomic E-state index is 0.148. The second-order valence-corrected chi connectivity index (χ2v) is 6.33. The summed E-state index contributed by atoms with van der Waals surface area (Å²) in [5, 5.41) is 4.29. The zero-order valence-electron chi connectivity index (χ0n) is 13.2. The summed E-state index contributed by atoms with van der Waals surface area (Å²) >= 11 is 0. The largest absolute Gasteiger partial charge is 0.462 e. The van der Waals surface area contributed by atoms with Crippen LogP contribution in [0, 0.1) is 11.8 Å². The topological polar surface area (TPSA) is 64.4 Å². The summed E-state index contributed by atoms with van der Waals surface area (Å²) in [6.45, 7) is 5.79. The van der Waals surface area contributed by atoms with Crippen LogP contribution < -0.4 is 0 Å². The van der Waals surface area contributed by atoms with Crippen LogP contribution in [0.2, 0.25) is 0 Å². The van der Waals surface area contributed by atoms with Crippen molar-refractivity contribution in [1.82, 2.24) is 14.7 Å². The van der Waals surface area contributed by atoms with Crippen molar-refractivity contribution in [2.45, 2.75) is 39.2 Å². The van der Waals surface area contributed by atoms with Gasteiger partial charge in [0.25, 0.3) is 0 Å². The lowest BCUT2D eigenvalue weighted by Gasteiger charge is -2.33. The molecule has 1 aromatic heterocycles. The Balaban J connectivity index is 1.64. The van der Waals surface area contributed by atoms with E-state index in [4.69, 9.17) is 4.74 Å². The van der Waals surface area contributed by atoms with Crippen LogP contribution in [0.25, 0.3) is 0 Å². The quantitative estimate of drug-likeness (QED) is 0.797. The van der Waals surface area contributed by atoms with Crippen LogP contribution in [-0.2, 0) is 9.53 Å². The minimum Gasteiger partial charge on any atom is -0.462 e. The number of esters is 1. The highest BCUT2D eigenvalue weighted by atomic mass is 16.5. The number of likely N-dealkylation sites (tertiary alicyclic amines) is 1. The van der Waals surface area contributed by atoms with E-state index in [0.29, 0.717) is 24.6 Å². The van der Waals surface area contributed by atoms with Crippen LogP contribution in [0.5, 0.6) is 0 Å². The highest BCUT2D eigenvalue weighted by Crippen LogP contribution is 2.40. The standard InChI is InChI=1S/C16H23N3O3/c1-3-22-16(21)12-8-17-19(9-12)13-5-4-6-18(10-13)15(20)14-7-11(14)2/h8-9,11,13-14H,3-7,10H2,1-2H3/t11-,13-,14-/m1/s1. The van der Waals surface area contributed by atoms with Crippen molar-refractivity contribution in [3.63, 3.8) is 0 Å². The number of ether oxygens (including phenoxy) is 1. The number of rotatable bonds is 4. The Kier molecular flexibility index (Phi) is 4.18. The fraction of sp³-hybridized carbons (Fsp3) is 0.688. The molecule has 3 rings (SSSR count). The fourth-order valence-electron chi connectivity index (χ4n) is 3.13. The maximum atomic E-state index is 12.4. The molecule has 6 nitrogen and oxygen atoms in total. The molecule has 6 heteroatoms. The smallest absolute Gasteiger partial charge is 0.341 e. The second-order valence-electron chi connectivity index (χ2n) is 6.33. The van der Waals surface area contributed by atoms with Gasteiger partial charge in [-0.3, -0.25) is 9.48 Å². The SMILES string of the molecule is CCOC(=O)c1cnn([C@@H]2CCCN(C(=O)[C@@H]3C[C@H]3C)C2)c1. The summed E-state index contributed by atoms with van der Waals surface area (Å²) in [5.41, 5.74) is 0.473. The van der Waals surface area contributed by atoms with E-state index in [2.05, 4.69) is 12.0 Å². The van der Waals surface area contributed by atoms with Crippen molar-refractivity contribution in [2.75, 3.05) is 19.7 Å². The number of amides is 1. The molecule has 1 saturated heterocycles. The lowest BCUT2D eigenvalue weighted by Crippen LogP contribution is -2.41. The molecule has 1 saturated carbocycles. The highest BCUT2D eigenvalue weighted by Gasteiger charge is 2.42. The van der Waals surface area contributed by atoms with Gasteiger partial charge < -0.3 is 9.64 Å². The van der Waals surface area contributed by atoms with Gasteiger partial charge in [0.05, 0.1) is 24.4 Å². The van der Waals surface area contributed by atoms with Gasteiger partial charge in [0.2, 0.25) is 5.91 Å².